The van der Waals surface area contributed by atoms with Gasteiger partial charge in [0.2, 0.25) is 0 Å². The number of rotatable bonds is 9. The minimum Gasteiger partial charge on any atom is -0.460 e. The Labute approximate surface area is 110 Å². The summed E-state index contributed by atoms with van der Waals surface area (Å²) in [6.07, 6.45) is 1.18. The summed E-state index contributed by atoms with van der Waals surface area (Å²) >= 11 is 0. The third-order valence-corrected chi connectivity index (χ3v) is 4.46. The van der Waals surface area contributed by atoms with E-state index in [2.05, 4.69) is 0 Å². The van der Waals surface area contributed by atoms with Gasteiger partial charge in [0, 0.05) is 25.9 Å². The smallest absolute Gasteiger partial charge is 0.460 e. The van der Waals surface area contributed by atoms with E-state index in [1.54, 1.807) is 19.5 Å². The summed E-state index contributed by atoms with van der Waals surface area (Å²) in [6, 6.07) is 0. The number of ether oxygens (including phenoxy) is 1. The van der Waals surface area contributed by atoms with Crippen LogP contribution in [0.15, 0.2) is 11.8 Å². The molecule has 5 nitrogen and oxygen atoms in total. The maximum absolute atomic E-state index is 11.5. The highest BCUT2D eigenvalue weighted by molar-refractivity contribution is 6.66. The topological polar surface area (TPSA) is 54.0 Å². The molecule has 0 aromatic carbocycles. The van der Waals surface area contributed by atoms with Gasteiger partial charge in [-0.2, -0.15) is 0 Å². The molecule has 18 heavy (non-hydrogen) atoms. The van der Waals surface area contributed by atoms with Crippen LogP contribution in [0, 0.1) is 0 Å². The van der Waals surface area contributed by atoms with Gasteiger partial charge in [-0.3, -0.25) is 0 Å². The average molecular weight is 276 g/mol. The molecule has 0 amide bonds. The standard InChI is InChI=1S/C12H24O5Si/c1-6-14-18(15-7-2,16-8-3)10-9-12(13)17-11(4)5/h9-11H,6-8H2,1-5H3. The predicted octanol–water partition coefficient (Wildman–Crippen LogP) is 2.08. The molecular weight excluding hydrogens is 252 g/mol. The van der Waals surface area contributed by atoms with E-state index in [0.717, 1.165) is 0 Å². The lowest BCUT2D eigenvalue weighted by Gasteiger charge is -2.25. The second kappa shape index (κ2) is 9.27. The summed E-state index contributed by atoms with van der Waals surface area (Å²) in [4.78, 5) is 11.5. The Morgan fingerprint density at radius 1 is 1.06 bits per heavy atom. The lowest BCUT2D eigenvalue weighted by molar-refractivity contribution is -0.141. The highest BCUT2D eigenvalue weighted by Gasteiger charge is 2.37. The minimum atomic E-state index is -2.89. The van der Waals surface area contributed by atoms with E-state index >= 15 is 0 Å². The van der Waals surface area contributed by atoms with Gasteiger partial charge in [0.25, 0.3) is 0 Å². The van der Waals surface area contributed by atoms with Crippen molar-refractivity contribution in [3.05, 3.63) is 11.8 Å². The zero-order valence-corrected chi connectivity index (χ0v) is 12.9. The van der Waals surface area contributed by atoms with Crippen molar-refractivity contribution in [2.45, 2.75) is 40.7 Å². The molecule has 0 saturated carbocycles. The summed E-state index contributed by atoms with van der Waals surface area (Å²) in [5, 5.41) is 0. The van der Waals surface area contributed by atoms with Gasteiger partial charge in [-0.05, 0) is 40.3 Å². The van der Waals surface area contributed by atoms with Gasteiger partial charge >= 0.3 is 14.8 Å². The van der Waals surface area contributed by atoms with Crippen LogP contribution in [-0.4, -0.2) is 40.7 Å². The first-order chi connectivity index (χ1) is 8.49. The van der Waals surface area contributed by atoms with Crippen LogP contribution in [0.5, 0.6) is 0 Å². The number of esters is 1. The molecule has 106 valence electrons. The fourth-order valence-corrected chi connectivity index (χ4v) is 3.40. The molecule has 0 rings (SSSR count). The molecule has 0 aliphatic rings. The Morgan fingerprint density at radius 3 is 1.83 bits per heavy atom. The molecule has 0 heterocycles. The maximum atomic E-state index is 11.5. The van der Waals surface area contributed by atoms with Gasteiger partial charge in [-0.25, -0.2) is 4.79 Å². The van der Waals surface area contributed by atoms with Crippen LogP contribution < -0.4 is 0 Å². The summed E-state index contributed by atoms with van der Waals surface area (Å²) < 4.78 is 21.7. The molecule has 0 aliphatic heterocycles. The van der Waals surface area contributed by atoms with Gasteiger partial charge in [-0.1, -0.05) is 0 Å². The molecule has 6 heteroatoms. The predicted molar refractivity (Wildman–Crippen MR) is 71.0 cm³/mol. The van der Waals surface area contributed by atoms with E-state index in [4.69, 9.17) is 18.0 Å². The molecule has 0 bridgehead atoms. The Kier molecular flexibility index (Phi) is 8.91. The normalized spacial score (nSPS) is 12.3. The van der Waals surface area contributed by atoms with Crippen LogP contribution in [0.25, 0.3) is 0 Å². The Balaban J connectivity index is 4.72. The van der Waals surface area contributed by atoms with E-state index in [9.17, 15) is 4.79 Å². The number of carbonyl (C=O) groups excluding carboxylic acids is 1. The Morgan fingerprint density at radius 2 is 1.50 bits per heavy atom. The molecule has 0 atom stereocenters. The number of carbonyl (C=O) groups is 1. The first-order valence-corrected chi connectivity index (χ1v) is 8.11. The highest BCUT2D eigenvalue weighted by Crippen LogP contribution is 2.12. The van der Waals surface area contributed by atoms with Crippen molar-refractivity contribution in [1.29, 1.82) is 0 Å². The van der Waals surface area contributed by atoms with Crippen LogP contribution in [0.2, 0.25) is 0 Å². The van der Waals surface area contributed by atoms with Crippen LogP contribution in [0.3, 0.4) is 0 Å². The van der Waals surface area contributed by atoms with Crippen molar-refractivity contribution in [1.82, 2.24) is 0 Å². The monoisotopic (exact) mass is 276 g/mol. The first-order valence-electron chi connectivity index (χ1n) is 6.31. The largest absolute Gasteiger partial charge is 0.529 e. The number of hydrogen-bond donors (Lipinski definition) is 0. The zero-order valence-electron chi connectivity index (χ0n) is 11.9. The SMILES string of the molecule is CCO[Si](C=CC(=O)OC(C)C)(OCC)OCC. The summed E-state index contributed by atoms with van der Waals surface area (Å²) in [7, 11) is -2.89. The van der Waals surface area contributed by atoms with E-state index in [1.807, 2.05) is 20.8 Å². The van der Waals surface area contributed by atoms with E-state index in [-0.39, 0.29) is 6.10 Å². The van der Waals surface area contributed by atoms with E-state index in [0.29, 0.717) is 19.8 Å². The van der Waals surface area contributed by atoms with Crippen molar-refractivity contribution >= 4 is 14.8 Å². The van der Waals surface area contributed by atoms with Crippen LogP contribution in [-0.2, 0) is 22.8 Å². The van der Waals surface area contributed by atoms with Crippen molar-refractivity contribution in [2.75, 3.05) is 19.8 Å². The molecule has 0 saturated heterocycles. The van der Waals surface area contributed by atoms with Gasteiger partial charge in [0.05, 0.1) is 6.10 Å². The van der Waals surface area contributed by atoms with Gasteiger partial charge in [-0.15, -0.1) is 0 Å². The first kappa shape index (κ1) is 17.3. The fourth-order valence-electron chi connectivity index (χ4n) is 1.31. The van der Waals surface area contributed by atoms with Crippen LogP contribution >= 0.6 is 0 Å². The molecule has 0 spiro atoms. The van der Waals surface area contributed by atoms with Crippen molar-refractivity contribution in [3.8, 4) is 0 Å². The Bertz CT molecular complexity index is 248. The minimum absolute atomic E-state index is 0.149. The number of hydrogen-bond acceptors (Lipinski definition) is 5. The molecule has 0 aromatic rings. The second-order valence-corrected chi connectivity index (χ2v) is 6.13. The molecule has 0 N–H and O–H groups in total. The third kappa shape index (κ3) is 6.90. The van der Waals surface area contributed by atoms with Crippen molar-refractivity contribution in [2.24, 2.45) is 0 Å². The molecule has 0 fully saturated rings. The van der Waals surface area contributed by atoms with E-state index in [1.165, 1.54) is 6.08 Å². The fraction of sp³-hybridized carbons (Fsp3) is 0.750. The maximum Gasteiger partial charge on any atom is 0.529 e. The van der Waals surface area contributed by atoms with Gasteiger partial charge in [0.15, 0.2) is 0 Å². The molecule has 0 aliphatic carbocycles. The third-order valence-electron chi connectivity index (χ3n) is 1.81. The van der Waals surface area contributed by atoms with Crippen LogP contribution in [0.1, 0.15) is 34.6 Å². The highest BCUT2D eigenvalue weighted by atomic mass is 28.4. The quantitative estimate of drug-likeness (QED) is 0.367. The summed E-state index contributed by atoms with van der Waals surface area (Å²) in [6.45, 7) is 10.6. The molecule has 0 radical (unpaired) electrons. The second-order valence-electron chi connectivity index (χ2n) is 3.72. The lowest BCUT2D eigenvalue weighted by atomic mass is 10.5. The summed E-state index contributed by atoms with van der Waals surface area (Å²) in [5.41, 5.74) is 1.58. The van der Waals surface area contributed by atoms with Crippen LogP contribution in [0.4, 0.5) is 0 Å². The van der Waals surface area contributed by atoms with E-state index < -0.39 is 14.8 Å². The summed E-state index contributed by atoms with van der Waals surface area (Å²) in [5.74, 6) is -0.416. The lowest BCUT2D eigenvalue weighted by Crippen LogP contribution is -2.44. The van der Waals surface area contributed by atoms with Gasteiger partial charge in [0.1, 0.15) is 0 Å². The van der Waals surface area contributed by atoms with Crippen molar-refractivity contribution < 1.29 is 22.8 Å². The zero-order chi connectivity index (χ0) is 14.0. The molecule has 0 aromatic heterocycles. The average Bonchev–Trinajstić information content (AvgIpc) is 2.27. The molecule has 0 unspecified atom stereocenters. The Hall–Kier alpha value is -0.693. The van der Waals surface area contributed by atoms with Crippen molar-refractivity contribution in [3.63, 3.8) is 0 Å². The molecular formula is C12H24O5Si. The van der Waals surface area contributed by atoms with Gasteiger partial charge < -0.3 is 18.0 Å².